The van der Waals surface area contributed by atoms with Crippen LogP contribution < -0.4 is 20.2 Å². The molecule has 0 bridgehead atoms. The third-order valence-corrected chi connectivity index (χ3v) is 9.96. The predicted molar refractivity (Wildman–Crippen MR) is 187 cm³/mol. The van der Waals surface area contributed by atoms with Crippen LogP contribution in [-0.2, 0) is 16.9 Å². The molecule has 2 aliphatic heterocycles. The predicted octanol–water partition coefficient (Wildman–Crippen LogP) is 4.57. The summed E-state index contributed by atoms with van der Waals surface area (Å²) in [5.74, 6) is -0.567. The molecule has 14 heteroatoms. The van der Waals surface area contributed by atoms with E-state index in [1.54, 1.807) is 17.9 Å². The molecule has 12 nitrogen and oxygen atoms in total. The summed E-state index contributed by atoms with van der Waals surface area (Å²) in [6, 6.07) is 19.1. The van der Waals surface area contributed by atoms with E-state index in [0.717, 1.165) is 49.4 Å². The monoisotopic (exact) mass is 700 g/mol. The Morgan fingerprint density at radius 1 is 0.980 bits per heavy atom. The second-order valence-electron chi connectivity index (χ2n) is 13.3. The van der Waals surface area contributed by atoms with Crippen LogP contribution >= 0.6 is 0 Å². The zero-order valence-electron chi connectivity index (χ0n) is 28.7. The van der Waals surface area contributed by atoms with Crippen LogP contribution in [0.2, 0.25) is 0 Å². The van der Waals surface area contributed by atoms with E-state index >= 15 is 4.39 Å². The summed E-state index contributed by atoms with van der Waals surface area (Å²) in [5.41, 5.74) is 1.75. The van der Waals surface area contributed by atoms with Crippen molar-refractivity contribution >= 4 is 11.4 Å². The minimum Gasteiger partial charge on any atom is -0.491 e. The lowest BCUT2D eigenvalue weighted by atomic mass is 9.87. The van der Waals surface area contributed by atoms with Gasteiger partial charge in [0.1, 0.15) is 42.0 Å². The van der Waals surface area contributed by atoms with Crippen LogP contribution in [0.5, 0.6) is 5.75 Å². The Hall–Kier alpha value is -5.08. The zero-order valence-corrected chi connectivity index (χ0v) is 28.7. The lowest BCUT2D eigenvalue weighted by molar-refractivity contribution is -0.0206. The molecule has 5 aromatic rings. The molecule has 2 saturated heterocycles. The molecule has 51 heavy (non-hydrogen) atoms. The normalized spacial score (nSPS) is 20.5. The third kappa shape index (κ3) is 7.10. The maximum absolute atomic E-state index is 15.1. The number of aromatic nitrogens is 6. The van der Waals surface area contributed by atoms with Gasteiger partial charge in [0.15, 0.2) is 0 Å². The number of anilines is 2. The smallest absolute Gasteiger partial charge is 0.350 e. The Bertz CT molecular complexity index is 1980. The molecular weight excluding hydrogens is 658 g/mol. The minimum absolute atomic E-state index is 0.0395. The first-order chi connectivity index (χ1) is 24.7. The summed E-state index contributed by atoms with van der Waals surface area (Å²) in [4.78, 5) is 21.7. The van der Waals surface area contributed by atoms with Crippen molar-refractivity contribution < 1.29 is 23.4 Å². The van der Waals surface area contributed by atoms with Crippen LogP contribution in [0.4, 0.5) is 20.2 Å². The molecule has 0 saturated carbocycles. The topological polar surface area (TPSA) is 116 Å². The van der Waals surface area contributed by atoms with Gasteiger partial charge in [0.25, 0.3) is 0 Å². The van der Waals surface area contributed by atoms with Crippen molar-refractivity contribution in [2.45, 2.75) is 51.0 Å². The van der Waals surface area contributed by atoms with Crippen molar-refractivity contribution in [3.8, 4) is 11.4 Å². The van der Waals surface area contributed by atoms with E-state index in [9.17, 15) is 14.3 Å². The van der Waals surface area contributed by atoms with Gasteiger partial charge in [0.2, 0.25) is 0 Å². The number of benzene rings is 3. The van der Waals surface area contributed by atoms with Gasteiger partial charge in [-0.3, -0.25) is 0 Å². The highest BCUT2D eigenvalue weighted by Gasteiger charge is 2.45. The number of hydrogen-bond acceptors (Lipinski definition) is 9. The number of aliphatic hydroxyl groups is 1. The molecule has 268 valence electrons. The maximum atomic E-state index is 15.1. The fraction of sp³-hybridized carbons (Fsp3) is 0.405. The molecule has 0 spiro atoms. The Kier molecular flexibility index (Phi) is 9.87. The summed E-state index contributed by atoms with van der Waals surface area (Å²) in [7, 11) is 0. The number of halogens is 2. The molecule has 0 aliphatic carbocycles. The van der Waals surface area contributed by atoms with E-state index in [4.69, 9.17) is 9.47 Å². The largest absolute Gasteiger partial charge is 0.491 e. The standard InChI is InChI=1S/C37H42F2N8O4/c1-3-33(26(2)48)47-36(49)46(25-42-47)30-11-9-29(10-12-30)43-14-16-44(17-15-43)34-6-4-5-7-35(34)50-20-27-19-37(51-21-27,22-45-24-40-23-41-45)31-13-8-28(38)18-32(31)39/h4-13,18,23-27,33,48H,3,14-17,19-22H2,1-2H3/t26?,27-,33?,37-/m0/s1. The van der Waals surface area contributed by atoms with Crippen molar-refractivity contribution in [1.29, 1.82) is 0 Å². The van der Waals surface area contributed by atoms with E-state index in [1.165, 1.54) is 34.0 Å². The van der Waals surface area contributed by atoms with Crippen molar-refractivity contribution in [1.82, 2.24) is 29.1 Å². The van der Waals surface area contributed by atoms with E-state index in [2.05, 4.69) is 31.0 Å². The molecule has 4 atom stereocenters. The van der Waals surface area contributed by atoms with E-state index in [1.807, 2.05) is 49.4 Å². The van der Waals surface area contributed by atoms with Crippen LogP contribution in [0.1, 0.15) is 38.3 Å². The number of hydrogen-bond donors (Lipinski definition) is 1. The van der Waals surface area contributed by atoms with Crippen LogP contribution in [0, 0.1) is 17.6 Å². The van der Waals surface area contributed by atoms with Gasteiger partial charge in [-0.05, 0) is 62.2 Å². The molecule has 3 aromatic carbocycles. The van der Waals surface area contributed by atoms with E-state index < -0.39 is 23.3 Å². The fourth-order valence-electron chi connectivity index (χ4n) is 7.30. The summed E-state index contributed by atoms with van der Waals surface area (Å²) in [6.07, 6.45) is 4.85. The van der Waals surface area contributed by atoms with Gasteiger partial charge < -0.3 is 24.4 Å². The number of nitrogens with zero attached hydrogens (tertiary/aromatic N) is 8. The van der Waals surface area contributed by atoms with E-state index in [0.29, 0.717) is 31.7 Å². The van der Waals surface area contributed by atoms with E-state index in [-0.39, 0.29) is 29.8 Å². The first-order valence-electron chi connectivity index (χ1n) is 17.3. The van der Waals surface area contributed by atoms with Gasteiger partial charge >= 0.3 is 5.69 Å². The lowest BCUT2D eigenvalue weighted by Gasteiger charge is -2.38. The molecule has 0 amide bonds. The van der Waals surface area contributed by atoms with Crippen LogP contribution in [0.25, 0.3) is 5.69 Å². The zero-order chi connectivity index (χ0) is 35.5. The van der Waals surface area contributed by atoms with Crippen LogP contribution in [0.3, 0.4) is 0 Å². The molecule has 4 heterocycles. The first kappa shape index (κ1) is 34.4. The number of aliphatic hydroxyl groups excluding tert-OH is 1. The number of piperazine rings is 1. The van der Waals surface area contributed by atoms with Crippen molar-refractivity contribution in [3.05, 3.63) is 113 Å². The van der Waals surface area contributed by atoms with Gasteiger partial charge in [-0.1, -0.05) is 25.1 Å². The summed E-state index contributed by atoms with van der Waals surface area (Å²) in [6.45, 7) is 7.69. The molecule has 2 aliphatic rings. The maximum Gasteiger partial charge on any atom is 0.350 e. The highest BCUT2D eigenvalue weighted by Crippen LogP contribution is 2.42. The van der Waals surface area contributed by atoms with Crippen molar-refractivity contribution in [2.24, 2.45) is 5.92 Å². The van der Waals surface area contributed by atoms with Gasteiger partial charge in [0.05, 0.1) is 43.3 Å². The van der Waals surface area contributed by atoms with Gasteiger partial charge in [0, 0.05) is 49.4 Å². The number of ether oxygens (including phenoxy) is 2. The molecule has 2 aromatic heterocycles. The first-order valence-corrected chi connectivity index (χ1v) is 17.3. The molecule has 7 rings (SSSR count). The van der Waals surface area contributed by atoms with Crippen molar-refractivity contribution in [2.75, 3.05) is 49.2 Å². The van der Waals surface area contributed by atoms with Gasteiger partial charge in [-0.2, -0.15) is 10.2 Å². The highest BCUT2D eigenvalue weighted by molar-refractivity contribution is 5.60. The van der Waals surface area contributed by atoms with Gasteiger partial charge in [-0.25, -0.2) is 32.5 Å². The Balaban J connectivity index is 0.982. The van der Waals surface area contributed by atoms with Crippen LogP contribution in [-0.4, -0.2) is 79.7 Å². The highest BCUT2D eigenvalue weighted by atomic mass is 19.1. The minimum atomic E-state index is -1.04. The second kappa shape index (κ2) is 14.6. The molecule has 2 unspecified atom stereocenters. The van der Waals surface area contributed by atoms with Gasteiger partial charge in [-0.15, -0.1) is 0 Å². The SMILES string of the molecule is CCC(C(C)O)n1ncn(-c2ccc(N3CCN(c4ccccc4OC[C@H]4CO[C@@](Cn5cncn5)(c5ccc(F)cc5F)C4)CC3)cc2)c1=O. The molecule has 2 fully saturated rings. The lowest BCUT2D eigenvalue weighted by Crippen LogP contribution is -2.46. The number of para-hydroxylation sites is 2. The Morgan fingerprint density at radius 2 is 1.73 bits per heavy atom. The average Bonchev–Trinajstić information content (AvgIpc) is 3.89. The molecule has 1 N–H and O–H groups in total. The summed E-state index contributed by atoms with van der Waals surface area (Å²) < 4.78 is 46.1. The molecular formula is C37H42F2N8O4. The quantitative estimate of drug-likeness (QED) is 0.200. The molecule has 0 radical (unpaired) electrons. The third-order valence-electron chi connectivity index (χ3n) is 9.96. The Morgan fingerprint density at radius 3 is 2.43 bits per heavy atom. The fourth-order valence-corrected chi connectivity index (χ4v) is 7.30. The number of rotatable bonds is 12. The average molecular weight is 701 g/mol. The van der Waals surface area contributed by atoms with Crippen LogP contribution in [0.15, 0.2) is 90.5 Å². The van der Waals surface area contributed by atoms with Crippen molar-refractivity contribution in [3.63, 3.8) is 0 Å². The summed E-state index contributed by atoms with van der Waals surface area (Å²) in [5, 5.41) is 18.5. The second-order valence-corrected chi connectivity index (χ2v) is 13.3. The summed E-state index contributed by atoms with van der Waals surface area (Å²) >= 11 is 0. The Labute approximate surface area is 294 Å².